The summed E-state index contributed by atoms with van der Waals surface area (Å²) in [6.45, 7) is 5.90. The van der Waals surface area contributed by atoms with Crippen molar-refractivity contribution in [1.82, 2.24) is 0 Å². The lowest BCUT2D eigenvalue weighted by Crippen LogP contribution is -2.12. The van der Waals surface area contributed by atoms with Crippen molar-refractivity contribution < 1.29 is 14.6 Å². The highest BCUT2D eigenvalue weighted by atomic mass is 79.9. The van der Waals surface area contributed by atoms with E-state index >= 15 is 0 Å². The zero-order valence-corrected chi connectivity index (χ0v) is 12.7. The lowest BCUT2D eigenvalue weighted by molar-refractivity contribution is -0.141. The molecule has 0 saturated heterocycles. The molecule has 100 valence electrons. The van der Waals surface area contributed by atoms with Crippen LogP contribution in [0.2, 0.25) is 0 Å². The average Bonchev–Trinajstić information content (AvgIpc) is 2.27. The monoisotopic (exact) mass is 314 g/mol. The summed E-state index contributed by atoms with van der Waals surface area (Å²) in [4.78, 5) is 10.9. The molecule has 0 radical (unpaired) electrons. The van der Waals surface area contributed by atoms with Gasteiger partial charge in [0.05, 0.1) is 17.5 Å². The molecular weight excluding hydrogens is 296 g/mol. The number of aliphatic carboxylic acids is 1. The van der Waals surface area contributed by atoms with Crippen LogP contribution in [0.4, 0.5) is 0 Å². The highest BCUT2D eigenvalue weighted by Crippen LogP contribution is 2.35. The van der Waals surface area contributed by atoms with Crippen LogP contribution in [0.15, 0.2) is 16.6 Å². The van der Waals surface area contributed by atoms with Gasteiger partial charge in [-0.1, -0.05) is 26.8 Å². The molecule has 18 heavy (non-hydrogen) atoms. The molecular formula is C14H19BrO3. The summed E-state index contributed by atoms with van der Waals surface area (Å²) in [6.07, 6.45) is 0.525. The van der Waals surface area contributed by atoms with Gasteiger partial charge in [-0.2, -0.15) is 0 Å². The van der Waals surface area contributed by atoms with Gasteiger partial charge >= 0.3 is 5.97 Å². The van der Waals surface area contributed by atoms with E-state index in [1.807, 2.05) is 12.1 Å². The Labute approximate surface area is 116 Å². The number of rotatable bonds is 5. The van der Waals surface area contributed by atoms with Crippen molar-refractivity contribution in [1.29, 1.82) is 0 Å². The van der Waals surface area contributed by atoms with Crippen molar-refractivity contribution in [3.63, 3.8) is 0 Å². The average molecular weight is 315 g/mol. The van der Waals surface area contributed by atoms with Crippen molar-refractivity contribution >= 4 is 21.9 Å². The van der Waals surface area contributed by atoms with Gasteiger partial charge in [0.15, 0.2) is 0 Å². The summed E-state index contributed by atoms with van der Waals surface area (Å²) >= 11 is 3.48. The van der Waals surface area contributed by atoms with E-state index < -0.39 is 5.97 Å². The zero-order valence-electron chi connectivity index (χ0n) is 11.2. The predicted octanol–water partition coefficient (Wildman–Crippen LogP) is 3.84. The summed E-state index contributed by atoms with van der Waals surface area (Å²) < 4.78 is 6.26. The SMILES string of the molecule is COc1c(Br)cc(CC(C)C(=O)O)cc1C(C)C. The first-order valence-corrected chi connectivity index (χ1v) is 6.75. The number of carbonyl (C=O) groups is 1. The number of halogens is 1. The van der Waals surface area contributed by atoms with Crippen molar-refractivity contribution in [2.24, 2.45) is 5.92 Å². The largest absolute Gasteiger partial charge is 0.495 e. The third-order valence-electron chi connectivity index (χ3n) is 2.92. The quantitative estimate of drug-likeness (QED) is 0.898. The van der Waals surface area contributed by atoms with E-state index in [0.717, 1.165) is 21.3 Å². The fourth-order valence-electron chi connectivity index (χ4n) is 1.88. The number of hydrogen-bond acceptors (Lipinski definition) is 2. The molecule has 4 heteroatoms. The van der Waals surface area contributed by atoms with Crippen LogP contribution >= 0.6 is 15.9 Å². The third kappa shape index (κ3) is 3.48. The Morgan fingerprint density at radius 3 is 2.44 bits per heavy atom. The van der Waals surface area contributed by atoms with Crippen molar-refractivity contribution in [3.05, 3.63) is 27.7 Å². The molecule has 0 bridgehead atoms. The molecule has 1 aromatic carbocycles. The van der Waals surface area contributed by atoms with Gasteiger partial charge < -0.3 is 9.84 Å². The lowest BCUT2D eigenvalue weighted by Gasteiger charge is -2.16. The maximum absolute atomic E-state index is 10.9. The second kappa shape index (κ2) is 6.23. The van der Waals surface area contributed by atoms with Crippen LogP contribution in [0.5, 0.6) is 5.75 Å². The van der Waals surface area contributed by atoms with Crippen LogP contribution < -0.4 is 4.74 Å². The van der Waals surface area contributed by atoms with Crippen LogP contribution in [0, 0.1) is 5.92 Å². The Morgan fingerprint density at radius 1 is 1.39 bits per heavy atom. The highest BCUT2D eigenvalue weighted by Gasteiger charge is 2.16. The molecule has 0 fully saturated rings. The van der Waals surface area contributed by atoms with E-state index in [1.54, 1.807) is 14.0 Å². The first-order valence-electron chi connectivity index (χ1n) is 5.95. The Balaban J connectivity index is 3.12. The van der Waals surface area contributed by atoms with Crippen molar-refractivity contribution in [3.8, 4) is 5.75 Å². The zero-order chi connectivity index (χ0) is 13.9. The standard InChI is InChI=1S/C14H19BrO3/c1-8(2)11-6-10(5-9(3)14(16)17)7-12(15)13(11)18-4/h6-9H,5H2,1-4H3,(H,16,17). The van der Waals surface area contributed by atoms with Gasteiger partial charge in [0, 0.05) is 0 Å². The number of benzene rings is 1. The number of methoxy groups -OCH3 is 1. The van der Waals surface area contributed by atoms with Crippen LogP contribution in [0.1, 0.15) is 37.8 Å². The maximum atomic E-state index is 10.9. The van der Waals surface area contributed by atoms with Crippen LogP contribution in [-0.2, 0) is 11.2 Å². The van der Waals surface area contributed by atoms with Crippen LogP contribution in [-0.4, -0.2) is 18.2 Å². The van der Waals surface area contributed by atoms with Gasteiger partial charge in [0.2, 0.25) is 0 Å². The summed E-state index contributed by atoms with van der Waals surface area (Å²) in [6, 6.07) is 3.97. The topological polar surface area (TPSA) is 46.5 Å². The van der Waals surface area contributed by atoms with E-state index in [9.17, 15) is 4.79 Å². The Morgan fingerprint density at radius 2 is 2.00 bits per heavy atom. The van der Waals surface area contributed by atoms with Gasteiger partial charge in [-0.3, -0.25) is 4.79 Å². The molecule has 1 unspecified atom stereocenters. The number of ether oxygens (including phenoxy) is 1. The van der Waals surface area contributed by atoms with Gasteiger partial charge in [0.1, 0.15) is 5.75 Å². The molecule has 0 spiro atoms. The van der Waals surface area contributed by atoms with E-state index in [4.69, 9.17) is 9.84 Å². The predicted molar refractivity (Wildman–Crippen MR) is 75.3 cm³/mol. The molecule has 3 nitrogen and oxygen atoms in total. The molecule has 0 aliphatic rings. The molecule has 0 amide bonds. The molecule has 0 aromatic heterocycles. The summed E-state index contributed by atoms with van der Waals surface area (Å²) in [5, 5.41) is 8.96. The molecule has 1 rings (SSSR count). The Bertz CT molecular complexity index is 441. The molecule has 1 N–H and O–H groups in total. The van der Waals surface area contributed by atoms with E-state index in [2.05, 4.69) is 29.8 Å². The van der Waals surface area contributed by atoms with E-state index in [-0.39, 0.29) is 5.92 Å². The third-order valence-corrected chi connectivity index (χ3v) is 3.51. The van der Waals surface area contributed by atoms with E-state index in [0.29, 0.717) is 12.3 Å². The van der Waals surface area contributed by atoms with E-state index in [1.165, 1.54) is 0 Å². The van der Waals surface area contributed by atoms with Crippen molar-refractivity contribution in [2.45, 2.75) is 33.1 Å². The van der Waals surface area contributed by atoms with Gasteiger partial charge in [-0.15, -0.1) is 0 Å². The number of carboxylic acid groups (broad SMARTS) is 1. The molecule has 0 aliphatic heterocycles. The van der Waals surface area contributed by atoms with Crippen LogP contribution in [0.25, 0.3) is 0 Å². The summed E-state index contributed by atoms with van der Waals surface area (Å²) in [5.41, 5.74) is 2.11. The maximum Gasteiger partial charge on any atom is 0.306 e. The minimum Gasteiger partial charge on any atom is -0.495 e. The summed E-state index contributed by atoms with van der Waals surface area (Å²) in [5.74, 6) is 0.00593. The second-order valence-corrected chi connectivity index (χ2v) is 5.65. The number of hydrogen-bond donors (Lipinski definition) is 1. The van der Waals surface area contributed by atoms with Gasteiger partial charge in [-0.05, 0) is 45.5 Å². The smallest absolute Gasteiger partial charge is 0.306 e. The second-order valence-electron chi connectivity index (χ2n) is 4.80. The minimum absolute atomic E-state index is 0.330. The fraction of sp³-hybridized carbons (Fsp3) is 0.500. The highest BCUT2D eigenvalue weighted by molar-refractivity contribution is 9.10. The van der Waals surface area contributed by atoms with Gasteiger partial charge in [0.25, 0.3) is 0 Å². The molecule has 1 aromatic rings. The van der Waals surface area contributed by atoms with Crippen LogP contribution in [0.3, 0.4) is 0 Å². The van der Waals surface area contributed by atoms with Crippen molar-refractivity contribution in [2.75, 3.05) is 7.11 Å². The first kappa shape index (κ1) is 15.0. The Hall–Kier alpha value is -1.03. The normalized spacial score (nSPS) is 12.6. The molecule has 1 atom stereocenters. The first-order chi connectivity index (χ1) is 8.36. The minimum atomic E-state index is -0.770. The Kier molecular flexibility index (Phi) is 5.20. The fourth-order valence-corrected chi connectivity index (χ4v) is 2.56. The number of carboxylic acids is 1. The molecule has 0 heterocycles. The van der Waals surface area contributed by atoms with Gasteiger partial charge in [-0.25, -0.2) is 0 Å². The summed E-state index contributed by atoms with van der Waals surface area (Å²) in [7, 11) is 1.64. The lowest BCUT2D eigenvalue weighted by atomic mass is 9.95. The molecule has 0 aliphatic carbocycles. The molecule has 0 saturated carbocycles.